The highest BCUT2D eigenvalue weighted by Gasteiger charge is 2.31. The van der Waals surface area contributed by atoms with Crippen LogP contribution in [-0.2, 0) is 11.0 Å². The number of para-hydroxylation sites is 1. The molecule has 2 amide bonds. The van der Waals surface area contributed by atoms with E-state index in [4.69, 9.17) is 0 Å². The molecule has 0 radical (unpaired) electrons. The maximum atomic E-state index is 13.5. The quantitative estimate of drug-likeness (QED) is 0.181. The molecule has 6 nitrogen and oxygen atoms in total. The Labute approximate surface area is 271 Å². The van der Waals surface area contributed by atoms with Gasteiger partial charge in [-0.15, -0.1) is 0 Å². The summed E-state index contributed by atoms with van der Waals surface area (Å²) in [6.45, 7) is 2.80. The fourth-order valence-corrected chi connectivity index (χ4v) is 5.86. The average molecular weight is 635 g/mol. The van der Waals surface area contributed by atoms with Gasteiger partial charge in [0.05, 0.1) is 5.56 Å². The Balaban J connectivity index is 1.10. The minimum absolute atomic E-state index is 0.0733. The number of carbonyl (C=O) groups is 2. The predicted molar refractivity (Wildman–Crippen MR) is 179 cm³/mol. The molecule has 0 saturated carbocycles. The summed E-state index contributed by atoms with van der Waals surface area (Å²) in [6, 6.07) is 38.0. The van der Waals surface area contributed by atoms with Gasteiger partial charge in [-0.3, -0.25) is 14.5 Å². The third-order valence-corrected chi connectivity index (χ3v) is 8.27. The van der Waals surface area contributed by atoms with Crippen LogP contribution in [0, 0.1) is 0 Å². The first kappa shape index (κ1) is 31.6. The largest absolute Gasteiger partial charge is 0.416 e. The molecule has 5 aromatic rings. The molecule has 0 spiro atoms. The lowest BCUT2D eigenvalue weighted by Crippen LogP contribution is -2.50. The molecule has 1 atom stereocenters. The minimum atomic E-state index is -4.43. The van der Waals surface area contributed by atoms with Crippen molar-refractivity contribution in [3.05, 3.63) is 150 Å². The highest BCUT2D eigenvalue weighted by Crippen LogP contribution is 2.32. The van der Waals surface area contributed by atoms with E-state index >= 15 is 0 Å². The van der Waals surface area contributed by atoms with Gasteiger partial charge in [0, 0.05) is 48.8 Å². The Kier molecular flexibility index (Phi) is 9.35. The number of carbonyl (C=O) groups excluding carboxylic acids is 2. The molecule has 1 heterocycles. The van der Waals surface area contributed by atoms with Gasteiger partial charge in [0.1, 0.15) is 6.04 Å². The zero-order valence-electron chi connectivity index (χ0n) is 25.5. The van der Waals surface area contributed by atoms with Crippen LogP contribution in [0.4, 0.5) is 30.2 Å². The number of halogens is 3. The molecule has 1 unspecified atom stereocenters. The van der Waals surface area contributed by atoms with Gasteiger partial charge in [-0.05, 0) is 71.3 Å². The molecule has 0 bridgehead atoms. The van der Waals surface area contributed by atoms with Crippen LogP contribution in [0.2, 0.25) is 0 Å². The van der Waals surface area contributed by atoms with E-state index in [1.807, 2.05) is 84.9 Å². The van der Waals surface area contributed by atoms with Crippen LogP contribution >= 0.6 is 0 Å². The van der Waals surface area contributed by atoms with Gasteiger partial charge in [0.15, 0.2) is 0 Å². The molecule has 238 valence electrons. The fraction of sp³-hybridized carbons (Fsp3) is 0.158. The Morgan fingerprint density at radius 1 is 0.617 bits per heavy atom. The lowest BCUT2D eigenvalue weighted by atomic mass is 9.98. The number of hydrogen-bond acceptors (Lipinski definition) is 4. The summed E-state index contributed by atoms with van der Waals surface area (Å²) in [4.78, 5) is 31.2. The highest BCUT2D eigenvalue weighted by molar-refractivity contribution is 6.08. The van der Waals surface area contributed by atoms with Gasteiger partial charge in [0.2, 0.25) is 5.91 Å². The summed E-state index contributed by atoms with van der Waals surface area (Å²) in [5.41, 5.74) is 3.97. The fourth-order valence-electron chi connectivity index (χ4n) is 5.86. The standard InChI is InChI=1S/C38H33F3N4O2/c39-38(40,41)29-17-15-27(16-18-29)33-13-7-8-14-34(33)36(46)42-31-19-21-32(22-20-31)44-23-25-45(26-24-44)35(28-9-3-1-4-10-28)37(47)43-30-11-5-2-6-12-30/h1-22,35H,23-26H2,(H,42,46)(H,43,47). The van der Waals surface area contributed by atoms with Gasteiger partial charge in [0.25, 0.3) is 5.91 Å². The Morgan fingerprint density at radius 2 is 1.19 bits per heavy atom. The molecule has 1 saturated heterocycles. The van der Waals surface area contributed by atoms with Crippen LogP contribution in [0.15, 0.2) is 133 Å². The van der Waals surface area contributed by atoms with E-state index in [9.17, 15) is 22.8 Å². The lowest BCUT2D eigenvalue weighted by Gasteiger charge is -2.39. The number of alkyl halides is 3. The first-order valence-corrected chi connectivity index (χ1v) is 15.3. The monoisotopic (exact) mass is 634 g/mol. The Hall–Kier alpha value is -5.41. The Bertz CT molecular complexity index is 1800. The zero-order valence-corrected chi connectivity index (χ0v) is 25.5. The summed E-state index contributed by atoms with van der Waals surface area (Å²) in [7, 11) is 0. The number of amides is 2. The second-order valence-electron chi connectivity index (χ2n) is 11.3. The second kappa shape index (κ2) is 13.9. The van der Waals surface area contributed by atoms with E-state index in [2.05, 4.69) is 20.4 Å². The number of rotatable bonds is 8. The average Bonchev–Trinajstić information content (AvgIpc) is 3.10. The van der Waals surface area contributed by atoms with Crippen LogP contribution < -0.4 is 15.5 Å². The van der Waals surface area contributed by atoms with Crippen molar-refractivity contribution < 1.29 is 22.8 Å². The number of nitrogens with zero attached hydrogens (tertiary/aromatic N) is 2. The molecule has 6 rings (SSSR count). The van der Waals surface area contributed by atoms with Crippen LogP contribution in [0.1, 0.15) is 27.5 Å². The molecule has 1 aliphatic heterocycles. The molecule has 47 heavy (non-hydrogen) atoms. The van der Waals surface area contributed by atoms with E-state index in [-0.39, 0.29) is 11.8 Å². The van der Waals surface area contributed by atoms with Crippen LogP contribution in [-0.4, -0.2) is 42.9 Å². The first-order valence-electron chi connectivity index (χ1n) is 15.3. The van der Waals surface area contributed by atoms with Crippen molar-refractivity contribution in [2.24, 2.45) is 0 Å². The maximum Gasteiger partial charge on any atom is 0.416 e. The molecule has 0 aromatic heterocycles. The second-order valence-corrected chi connectivity index (χ2v) is 11.3. The summed E-state index contributed by atoms with van der Waals surface area (Å²) >= 11 is 0. The van der Waals surface area contributed by atoms with Gasteiger partial charge in [-0.2, -0.15) is 13.2 Å². The number of anilines is 3. The molecule has 9 heteroatoms. The molecule has 1 aliphatic rings. The minimum Gasteiger partial charge on any atom is -0.369 e. The van der Waals surface area contributed by atoms with E-state index < -0.39 is 17.8 Å². The number of piperazine rings is 1. The van der Waals surface area contributed by atoms with Crippen LogP contribution in [0.3, 0.4) is 0 Å². The van der Waals surface area contributed by atoms with E-state index in [0.717, 1.165) is 29.1 Å². The normalized spacial score (nSPS) is 14.3. The maximum absolute atomic E-state index is 13.5. The van der Waals surface area contributed by atoms with Crippen molar-refractivity contribution in [1.82, 2.24) is 4.90 Å². The van der Waals surface area contributed by atoms with E-state index in [0.29, 0.717) is 48.6 Å². The third-order valence-electron chi connectivity index (χ3n) is 8.27. The van der Waals surface area contributed by atoms with Crippen molar-refractivity contribution in [2.75, 3.05) is 41.7 Å². The predicted octanol–water partition coefficient (Wildman–Crippen LogP) is 8.13. The van der Waals surface area contributed by atoms with Crippen LogP contribution in [0.25, 0.3) is 11.1 Å². The third kappa shape index (κ3) is 7.53. The molecule has 0 aliphatic carbocycles. The topological polar surface area (TPSA) is 64.7 Å². The van der Waals surface area contributed by atoms with Gasteiger partial charge < -0.3 is 15.5 Å². The molecular weight excluding hydrogens is 601 g/mol. The van der Waals surface area contributed by atoms with Crippen molar-refractivity contribution in [1.29, 1.82) is 0 Å². The number of nitrogens with one attached hydrogen (secondary N) is 2. The van der Waals surface area contributed by atoms with Gasteiger partial charge in [-0.25, -0.2) is 0 Å². The number of benzene rings is 5. The first-order chi connectivity index (χ1) is 22.8. The summed E-state index contributed by atoms with van der Waals surface area (Å²) in [6.07, 6.45) is -4.43. The SMILES string of the molecule is O=C(Nc1ccc(N2CCN(C(C(=O)Nc3ccccc3)c3ccccc3)CC2)cc1)c1ccccc1-c1ccc(C(F)(F)F)cc1. The van der Waals surface area contributed by atoms with Crippen molar-refractivity contribution in [3.8, 4) is 11.1 Å². The highest BCUT2D eigenvalue weighted by atomic mass is 19.4. The van der Waals surface area contributed by atoms with Gasteiger partial charge in [-0.1, -0.05) is 78.9 Å². The Morgan fingerprint density at radius 3 is 1.83 bits per heavy atom. The lowest BCUT2D eigenvalue weighted by molar-refractivity contribution is -0.137. The van der Waals surface area contributed by atoms with Crippen LogP contribution in [0.5, 0.6) is 0 Å². The zero-order chi connectivity index (χ0) is 32.8. The molecule has 5 aromatic carbocycles. The molecule has 2 N–H and O–H groups in total. The van der Waals surface area contributed by atoms with Gasteiger partial charge >= 0.3 is 6.18 Å². The van der Waals surface area contributed by atoms with Crippen molar-refractivity contribution >= 4 is 28.9 Å². The number of hydrogen-bond donors (Lipinski definition) is 2. The van der Waals surface area contributed by atoms with E-state index in [1.165, 1.54) is 12.1 Å². The van der Waals surface area contributed by atoms with Crippen molar-refractivity contribution in [3.63, 3.8) is 0 Å². The molecular formula is C38H33F3N4O2. The summed E-state index contributed by atoms with van der Waals surface area (Å²) in [5.74, 6) is -0.432. The van der Waals surface area contributed by atoms with Crippen molar-refractivity contribution in [2.45, 2.75) is 12.2 Å². The van der Waals surface area contributed by atoms with E-state index in [1.54, 1.807) is 24.3 Å². The summed E-state index contributed by atoms with van der Waals surface area (Å²) in [5, 5.41) is 5.98. The smallest absolute Gasteiger partial charge is 0.369 e. The summed E-state index contributed by atoms with van der Waals surface area (Å²) < 4.78 is 39.1. The molecule has 1 fully saturated rings.